The third-order valence-electron chi connectivity index (χ3n) is 2.92. The van der Waals surface area contributed by atoms with Crippen LogP contribution in [0.2, 0.25) is 0 Å². The van der Waals surface area contributed by atoms with E-state index in [0.29, 0.717) is 12.4 Å². The topological polar surface area (TPSA) is 55.4 Å². The van der Waals surface area contributed by atoms with Crippen molar-refractivity contribution in [3.8, 4) is 0 Å². The molecule has 1 N–H and O–H groups in total. The standard InChI is InChI=1S/C8H15NO3S/c1-8(9-4-5-12-8)7-3-2-6-13(7,10)11/h7,9H,2-6H2,1H3. The number of hydrogen-bond acceptors (Lipinski definition) is 4. The van der Waals surface area contributed by atoms with Gasteiger partial charge in [0.05, 0.1) is 12.4 Å². The van der Waals surface area contributed by atoms with E-state index in [1.165, 1.54) is 0 Å². The van der Waals surface area contributed by atoms with Gasteiger partial charge in [0.25, 0.3) is 0 Å². The van der Waals surface area contributed by atoms with Gasteiger partial charge in [0, 0.05) is 6.54 Å². The van der Waals surface area contributed by atoms with Crippen molar-refractivity contribution in [3.63, 3.8) is 0 Å². The molecule has 2 atom stereocenters. The lowest BCUT2D eigenvalue weighted by Crippen LogP contribution is -2.50. The van der Waals surface area contributed by atoms with Gasteiger partial charge < -0.3 is 4.74 Å². The Balaban J connectivity index is 2.25. The van der Waals surface area contributed by atoms with Crippen molar-refractivity contribution < 1.29 is 13.2 Å². The van der Waals surface area contributed by atoms with Crippen LogP contribution in [0, 0.1) is 0 Å². The Morgan fingerprint density at radius 3 is 2.77 bits per heavy atom. The largest absolute Gasteiger partial charge is 0.358 e. The van der Waals surface area contributed by atoms with E-state index in [1.807, 2.05) is 6.92 Å². The van der Waals surface area contributed by atoms with Gasteiger partial charge in [-0.1, -0.05) is 0 Å². The molecule has 2 aliphatic rings. The van der Waals surface area contributed by atoms with Crippen LogP contribution in [0.4, 0.5) is 0 Å². The monoisotopic (exact) mass is 205 g/mol. The van der Waals surface area contributed by atoms with Gasteiger partial charge in [-0.25, -0.2) is 8.42 Å². The maximum absolute atomic E-state index is 11.6. The summed E-state index contributed by atoms with van der Waals surface area (Å²) in [5.74, 6) is 0.318. The van der Waals surface area contributed by atoms with Crippen molar-refractivity contribution in [2.45, 2.75) is 30.7 Å². The summed E-state index contributed by atoms with van der Waals surface area (Å²) in [5, 5.41) is 2.78. The van der Waals surface area contributed by atoms with Crippen LogP contribution in [0.5, 0.6) is 0 Å². The zero-order chi connectivity index (χ0) is 9.53. The molecule has 2 rings (SSSR count). The Kier molecular flexibility index (Phi) is 2.13. The summed E-state index contributed by atoms with van der Waals surface area (Å²) in [7, 11) is -2.92. The highest BCUT2D eigenvalue weighted by molar-refractivity contribution is 7.92. The smallest absolute Gasteiger partial charge is 0.157 e. The molecule has 5 heteroatoms. The molecule has 0 radical (unpaired) electrons. The molecule has 0 aromatic carbocycles. The summed E-state index contributed by atoms with van der Waals surface area (Å²) < 4.78 is 28.7. The minimum atomic E-state index is -2.92. The van der Waals surface area contributed by atoms with Crippen LogP contribution in [0.1, 0.15) is 19.8 Å². The molecule has 76 valence electrons. The Hall–Kier alpha value is -0.130. The fourth-order valence-corrected chi connectivity index (χ4v) is 4.45. The number of rotatable bonds is 1. The van der Waals surface area contributed by atoms with Gasteiger partial charge in [0.15, 0.2) is 9.84 Å². The number of hydrogen-bond donors (Lipinski definition) is 1. The predicted molar refractivity (Wildman–Crippen MR) is 49.2 cm³/mol. The highest BCUT2D eigenvalue weighted by atomic mass is 32.2. The first-order valence-corrected chi connectivity index (χ1v) is 6.37. The molecule has 0 aromatic heterocycles. The second kappa shape index (κ2) is 2.93. The van der Waals surface area contributed by atoms with Crippen LogP contribution in [0.3, 0.4) is 0 Å². The van der Waals surface area contributed by atoms with Gasteiger partial charge in [0.1, 0.15) is 11.0 Å². The van der Waals surface area contributed by atoms with E-state index in [1.54, 1.807) is 0 Å². The first kappa shape index (κ1) is 9.43. The molecule has 0 amide bonds. The summed E-state index contributed by atoms with van der Waals surface area (Å²) in [6, 6.07) is 0. The van der Waals surface area contributed by atoms with Crippen molar-refractivity contribution in [1.82, 2.24) is 5.32 Å². The summed E-state index contributed by atoms with van der Waals surface area (Å²) in [5.41, 5.74) is -0.630. The summed E-state index contributed by atoms with van der Waals surface area (Å²) >= 11 is 0. The lowest BCUT2D eigenvalue weighted by atomic mass is 10.1. The second-order valence-electron chi connectivity index (χ2n) is 3.88. The van der Waals surface area contributed by atoms with E-state index in [4.69, 9.17) is 4.74 Å². The van der Waals surface area contributed by atoms with E-state index >= 15 is 0 Å². The van der Waals surface area contributed by atoms with Crippen molar-refractivity contribution in [3.05, 3.63) is 0 Å². The highest BCUT2D eigenvalue weighted by Crippen LogP contribution is 2.31. The fraction of sp³-hybridized carbons (Fsp3) is 1.00. The quantitative estimate of drug-likeness (QED) is 0.649. The number of sulfone groups is 1. The van der Waals surface area contributed by atoms with Gasteiger partial charge in [-0.15, -0.1) is 0 Å². The van der Waals surface area contributed by atoms with Crippen LogP contribution >= 0.6 is 0 Å². The Labute approximate surface area is 78.6 Å². The number of nitrogens with one attached hydrogen (secondary N) is 1. The normalized spacial score (nSPS) is 43.9. The summed E-state index contributed by atoms with van der Waals surface area (Å²) in [6.45, 7) is 3.21. The van der Waals surface area contributed by atoms with E-state index < -0.39 is 15.6 Å². The fourth-order valence-electron chi connectivity index (χ4n) is 2.23. The van der Waals surface area contributed by atoms with Crippen LogP contribution < -0.4 is 5.32 Å². The van der Waals surface area contributed by atoms with Gasteiger partial charge in [-0.05, 0) is 19.8 Å². The Morgan fingerprint density at radius 2 is 2.31 bits per heavy atom. The third-order valence-corrected chi connectivity index (χ3v) is 5.33. The van der Waals surface area contributed by atoms with Crippen LogP contribution in [0.25, 0.3) is 0 Å². The SMILES string of the molecule is CC1(C2CCCS2(=O)=O)NCCO1. The maximum Gasteiger partial charge on any atom is 0.157 e. The molecule has 2 aliphatic heterocycles. The Morgan fingerprint density at radius 1 is 1.54 bits per heavy atom. The lowest BCUT2D eigenvalue weighted by molar-refractivity contribution is 0.00286. The number of ether oxygens (including phenoxy) is 1. The minimum absolute atomic E-state index is 0.318. The zero-order valence-corrected chi connectivity index (χ0v) is 8.56. The average molecular weight is 205 g/mol. The summed E-state index contributed by atoms with van der Waals surface area (Å²) in [6.07, 6.45) is 1.50. The van der Waals surface area contributed by atoms with Gasteiger partial charge >= 0.3 is 0 Å². The molecular formula is C8H15NO3S. The molecule has 13 heavy (non-hydrogen) atoms. The van der Waals surface area contributed by atoms with Gasteiger partial charge in [0.2, 0.25) is 0 Å². The van der Waals surface area contributed by atoms with Crippen LogP contribution in [0.15, 0.2) is 0 Å². The van der Waals surface area contributed by atoms with Gasteiger partial charge in [-0.3, -0.25) is 5.32 Å². The first-order chi connectivity index (χ1) is 6.05. The second-order valence-corrected chi connectivity index (χ2v) is 6.18. The van der Waals surface area contributed by atoms with Crippen molar-refractivity contribution in [2.24, 2.45) is 0 Å². The molecule has 2 unspecified atom stereocenters. The zero-order valence-electron chi connectivity index (χ0n) is 7.75. The molecule has 0 aromatic rings. The molecule has 4 nitrogen and oxygen atoms in total. The Bertz CT molecular complexity index is 293. The average Bonchev–Trinajstić information content (AvgIpc) is 2.57. The van der Waals surface area contributed by atoms with Gasteiger partial charge in [-0.2, -0.15) is 0 Å². The van der Waals surface area contributed by atoms with Crippen molar-refractivity contribution in [1.29, 1.82) is 0 Å². The minimum Gasteiger partial charge on any atom is -0.358 e. The van der Waals surface area contributed by atoms with E-state index in [9.17, 15) is 8.42 Å². The molecule has 0 saturated carbocycles. The molecule has 0 bridgehead atoms. The van der Waals surface area contributed by atoms with Crippen LogP contribution in [-0.4, -0.2) is 38.3 Å². The summed E-state index contributed by atoms with van der Waals surface area (Å²) in [4.78, 5) is 0. The third kappa shape index (κ3) is 1.49. The molecule has 0 aliphatic carbocycles. The van der Waals surface area contributed by atoms with E-state index in [-0.39, 0.29) is 5.25 Å². The van der Waals surface area contributed by atoms with Crippen molar-refractivity contribution in [2.75, 3.05) is 18.9 Å². The predicted octanol–water partition coefficient (Wildman–Crippen LogP) is -0.100. The molecule has 2 saturated heterocycles. The van der Waals surface area contributed by atoms with E-state index in [2.05, 4.69) is 5.32 Å². The highest BCUT2D eigenvalue weighted by Gasteiger charge is 2.48. The van der Waals surface area contributed by atoms with Crippen molar-refractivity contribution >= 4 is 9.84 Å². The lowest BCUT2D eigenvalue weighted by Gasteiger charge is -2.29. The molecule has 0 spiro atoms. The molecule has 2 fully saturated rings. The first-order valence-electron chi connectivity index (χ1n) is 4.65. The molecule has 2 heterocycles. The molecular weight excluding hydrogens is 190 g/mol. The van der Waals surface area contributed by atoms with E-state index in [0.717, 1.165) is 19.4 Å². The maximum atomic E-state index is 11.6. The van der Waals surface area contributed by atoms with Crippen LogP contribution in [-0.2, 0) is 14.6 Å².